The van der Waals surface area contributed by atoms with Gasteiger partial charge in [-0.15, -0.1) is 0 Å². The number of hydrogen-bond donors (Lipinski definition) is 2. The van der Waals surface area contributed by atoms with Crippen LogP contribution in [0.2, 0.25) is 5.02 Å². The number of benzene rings is 2. The predicted molar refractivity (Wildman–Crippen MR) is 104 cm³/mol. The second-order valence-electron chi connectivity index (χ2n) is 6.78. The molecule has 0 unspecified atom stereocenters. The van der Waals surface area contributed by atoms with Crippen molar-refractivity contribution in [3.8, 4) is 0 Å². The van der Waals surface area contributed by atoms with Gasteiger partial charge in [0, 0.05) is 5.41 Å². The number of nitrogens with one attached hydrogen (secondary N) is 2. The highest BCUT2D eigenvalue weighted by Crippen LogP contribution is 2.15. The Hall–Kier alpha value is -2.66. The third-order valence-electron chi connectivity index (χ3n) is 3.62. The lowest BCUT2D eigenvalue weighted by atomic mass is 9.96. The molecule has 0 aliphatic heterocycles. The lowest BCUT2D eigenvalue weighted by Crippen LogP contribution is -2.35. The van der Waals surface area contributed by atoms with E-state index in [1.165, 1.54) is 0 Å². The van der Waals surface area contributed by atoms with Crippen LogP contribution >= 0.6 is 11.6 Å². The van der Waals surface area contributed by atoms with Gasteiger partial charge in [0.15, 0.2) is 0 Å². The van der Waals surface area contributed by atoms with E-state index in [9.17, 15) is 9.59 Å². The molecule has 0 fully saturated rings. The van der Waals surface area contributed by atoms with E-state index in [0.717, 1.165) is 5.56 Å². The van der Waals surface area contributed by atoms with E-state index in [4.69, 9.17) is 11.6 Å². The molecule has 0 saturated carbocycles. The van der Waals surface area contributed by atoms with Crippen LogP contribution in [0.25, 0.3) is 0 Å². The number of carbonyl (C=O) groups is 2. The van der Waals surface area contributed by atoms with Gasteiger partial charge in [0.2, 0.25) is 5.91 Å². The molecule has 0 atom stereocenters. The Kier molecular flexibility index (Phi) is 6.52. The smallest absolute Gasteiger partial charge is 0.253 e. The maximum atomic E-state index is 12.4. The second-order valence-corrected chi connectivity index (χ2v) is 7.19. The van der Waals surface area contributed by atoms with E-state index < -0.39 is 5.41 Å². The van der Waals surface area contributed by atoms with E-state index in [2.05, 4.69) is 15.8 Å². The molecule has 0 aromatic heterocycles. The van der Waals surface area contributed by atoms with Crippen LogP contribution in [-0.2, 0) is 4.79 Å². The molecule has 0 spiro atoms. The summed E-state index contributed by atoms with van der Waals surface area (Å²) in [6, 6.07) is 16.2. The number of carbonyl (C=O) groups excluding carboxylic acids is 2. The molecular formula is C20H22ClN3O2. The quantitative estimate of drug-likeness (QED) is 0.622. The molecule has 2 amide bonds. The van der Waals surface area contributed by atoms with Crippen molar-refractivity contribution in [3.63, 3.8) is 0 Å². The third kappa shape index (κ3) is 5.43. The molecule has 0 heterocycles. The van der Waals surface area contributed by atoms with Crippen LogP contribution in [0.1, 0.15) is 36.7 Å². The van der Waals surface area contributed by atoms with Crippen molar-refractivity contribution in [1.29, 1.82) is 0 Å². The number of hydrazone groups is 1. The molecule has 136 valence electrons. The fourth-order valence-corrected chi connectivity index (χ4v) is 2.25. The first kappa shape index (κ1) is 19.7. The van der Waals surface area contributed by atoms with E-state index in [1.54, 1.807) is 45.0 Å². The molecule has 0 radical (unpaired) electrons. The average Bonchev–Trinajstić information content (AvgIpc) is 2.61. The molecule has 2 N–H and O–H groups in total. The zero-order chi connectivity index (χ0) is 19.2. The molecule has 2 rings (SSSR count). The zero-order valence-electron chi connectivity index (χ0n) is 15.0. The van der Waals surface area contributed by atoms with E-state index in [-0.39, 0.29) is 18.4 Å². The van der Waals surface area contributed by atoms with Crippen molar-refractivity contribution in [1.82, 2.24) is 10.7 Å². The first-order chi connectivity index (χ1) is 12.3. The Balaban J connectivity index is 2.16. The van der Waals surface area contributed by atoms with Gasteiger partial charge in [0.25, 0.3) is 5.91 Å². The van der Waals surface area contributed by atoms with Crippen molar-refractivity contribution < 1.29 is 9.59 Å². The summed E-state index contributed by atoms with van der Waals surface area (Å²) in [5, 5.41) is 7.39. The fraction of sp³-hybridized carbons (Fsp3) is 0.250. The van der Waals surface area contributed by atoms with Crippen molar-refractivity contribution in [2.75, 3.05) is 6.54 Å². The van der Waals surface area contributed by atoms with E-state index in [0.29, 0.717) is 16.3 Å². The SMILES string of the molecule is CC(C)(C)C(=O)N/N=C(/CNC(=O)c1ccccc1Cl)c1ccccc1. The first-order valence-corrected chi connectivity index (χ1v) is 8.62. The van der Waals surface area contributed by atoms with Crippen molar-refractivity contribution >= 4 is 29.1 Å². The molecule has 5 nitrogen and oxygen atoms in total. The minimum Gasteiger partial charge on any atom is -0.346 e. The van der Waals surface area contributed by atoms with Gasteiger partial charge in [-0.2, -0.15) is 5.10 Å². The Bertz CT molecular complexity index is 811. The summed E-state index contributed by atoms with van der Waals surface area (Å²) < 4.78 is 0. The highest BCUT2D eigenvalue weighted by atomic mass is 35.5. The van der Waals surface area contributed by atoms with Gasteiger partial charge in [-0.1, -0.05) is 74.8 Å². The van der Waals surface area contributed by atoms with Crippen LogP contribution in [0.15, 0.2) is 59.7 Å². The largest absolute Gasteiger partial charge is 0.346 e. The Labute approximate surface area is 158 Å². The van der Waals surface area contributed by atoms with Crippen LogP contribution in [0.3, 0.4) is 0 Å². The lowest BCUT2D eigenvalue weighted by Gasteiger charge is -2.16. The summed E-state index contributed by atoms with van der Waals surface area (Å²) in [5.74, 6) is -0.509. The van der Waals surface area contributed by atoms with Crippen LogP contribution in [0.5, 0.6) is 0 Å². The lowest BCUT2D eigenvalue weighted by molar-refractivity contribution is -0.128. The molecule has 0 bridgehead atoms. The minimum atomic E-state index is -0.563. The van der Waals surface area contributed by atoms with Crippen LogP contribution in [-0.4, -0.2) is 24.1 Å². The van der Waals surface area contributed by atoms with Crippen molar-refractivity contribution in [3.05, 3.63) is 70.7 Å². The van der Waals surface area contributed by atoms with Gasteiger partial charge in [0.1, 0.15) is 0 Å². The zero-order valence-corrected chi connectivity index (χ0v) is 15.8. The number of nitrogens with zero attached hydrogens (tertiary/aromatic N) is 1. The van der Waals surface area contributed by atoms with Crippen LogP contribution in [0.4, 0.5) is 0 Å². The number of hydrogen-bond acceptors (Lipinski definition) is 3. The summed E-state index contributed by atoms with van der Waals surface area (Å²) in [7, 11) is 0. The average molecular weight is 372 g/mol. The summed E-state index contributed by atoms with van der Waals surface area (Å²) in [4.78, 5) is 24.4. The molecule has 2 aromatic rings. The summed E-state index contributed by atoms with van der Waals surface area (Å²) in [5.41, 5.74) is 3.75. The highest BCUT2D eigenvalue weighted by molar-refractivity contribution is 6.33. The minimum absolute atomic E-state index is 0.151. The van der Waals surface area contributed by atoms with Crippen LogP contribution in [0, 0.1) is 5.41 Å². The maximum Gasteiger partial charge on any atom is 0.253 e. The van der Waals surface area contributed by atoms with Gasteiger partial charge in [-0.3, -0.25) is 9.59 Å². The summed E-state index contributed by atoms with van der Waals surface area (Å²) in [6.45, 7) is 5.57. The van der Waals surface area contributed by atoms with Gasteiger partial charge < -0.3 is 5.32 Å². The molecular weight excluding hydrogens is 350 g/mol. The Morgan fingerprint density at radius 2 is 1.62 bits per heavy atom. The Morgan fingerprint density at radius 3 is 2.23 bits per heavy atom. The molecule has 6 heteroatoms. The Morgan fingerprint density at radius 1 is 1.00 bits per heavy atom. The van der Waals surface area contributed by atoms with Gasteiger partial charge in [-0.05, 0) is 17.7 Å². The van der Waals surface area contributed by atoms with Crippen LogP contribution < -0.4 is 10.7 Å². The monoisotopic (exact) mass is 371 g/mol. The van der Waals surface area contributed by atoms with Crippen molar-refractivity contribution in [2.45, 2.75) is 20.8 Å². The van der Waals surface area contributed by atoms with Gasteiger partial charge in [0.05, 0.1) is 22.8 Å². The molecule has 0 saturated heterocycles. The normalized spacial score (nSPS) is 11.8. The van der Waals surface area contributed by atoms with Gasteiger partial charge >= 0.3 is 0 Å². The highest BCUT2D eigenvalue weighted by Gasteiger charge is 2.21. The van der Waals surface area contributed by atoms with E-state index >= 15 is 0 Å². The third-order valence-corrected chi connectivity index (χ3v) is 3.95. The summed E-state index contributed by atoms with van der Waals surface area (Å²) in [6.07, 6.45) is 0. The predicted octanol–water partition coefficient (Wildman–Crippen LogP) is 3.64. The first-order valence-electron chi connectivity index (χ1n) is 8.24. The van der Waals surface area contributed by atoms with E-state index in [1.807, 2.05) is 30.3 Å². The van der Waals surface area contributed by atoms with Gasteiger partial charge in [-0.25, -0.2) is 5.43 Å². The standard InChI is InChI=1S/C20H22ClN3O2/c1-20(2,3)19(26)24-23-17(14-9-5-4-6-10-14)13-22-18(25)15-11-7-8-12-16(15)21/h4-12H,13H2,1-3H3,(H,22,25)(H,24,26)/b23-17-. The molecule has 26 heavy (non-hydrogen) atoms. The maximum absolute atomic E-state index is 12.4. The number of amides is 2. The number of halogens is 1. The number of rotatable bonds is 5. The van der Waals surface area contributed by atoms with Crippen molar-refractivity contribution in [2.24, 2.45) is 10.5 Å². The fourth-order valence-electron chi connectivity index (χ4n) is 2.03. The summed E-state index contributed by atoms with van der Waals surface area (Å²) >= 11 is 6.06. The molecule has 0 aliphatic carbocycles. The second kappa shape index (κ2) is 8.63. The molecule has 0 aliphatic rings. The molecule has 2 aromatic carbocycles. The topological polar surface area (TPSA) is 70.6 Å².